The number of ether oxygens (including phenoxy) is 2. The van der Waals surface area contributed by atoms with Gasteiger partial charge in [-0.3, -0.25) is 19.3 Å². The summed E-state index contributed by atoms with van der Waals surface area (Å²) >= 11 is 3.31. The van der Waals surface area contributed by atoms with E-state index < -0.39 is 42.2 Å². The third-order valence-electron chi connectivity index (χ3n) is 7.60. The molecule has 2 aromatic rings. The molecule has 8 nitrogen and oxygen atoms in total. The molecule has 3 aliphatic rings. The molecule has 2 bridgehead atoms. The number of hydrogen-bond donors (Lipinski definition) is 0. The highest BCUT2D eigenvalue weighted by Gasteiger charge is 2.61. The molecule has 1 saturated carbocycles. The number of halogens is 1. The predicted octanol–water partition coefficient (Wildman–Crippen LogP) is 4.62. The Morgan fingerprint density at radius 1 is 0.897 bits per heavy atom. The molecule has 2 fully saturated rings. The molecule has 39 heavy (non-hydrogen) atoms. The summed E-state index contributed by atoms with van der Waals surface area (Å²) in [5.41, 5.74) is 0.640. The maximum absolute atomic E-state index is 13.2. The highest BCUT2D eigenvalue weighted by atomic mass is 79.9. The third-order valence-corrected chi connectivity index (χ3v) is 8.12. The number of imide groups is 1. The van der Waals surface area contributed by atoms with Gasteiger partial charge >= 0.3 is 11.9 Å². The van der Waals surface area contributed by atoms with Crippen molar-refractivity contribution in [3.8, 4) is 5.75 Å². The van der Waals surface area contributed by atoms with Gasteiger partial charge in [0.1, 0.15) is 11.8 Å². The Hall–Kier alpha value is -3.59. The van der Waals surface area contributed by atoms with E-state index >= 15 is 0 Å². The second kappa shape index (κ2) is 10.9. The molecule has 5 unspecified atom stereocenters. The minimum Gasteiger partial charge on any atom is -0.456 e. The summed E-state index contributed by atoms with van der Waals surface area (Å²) in [6.07, 6.45) is 5.06. The van der Waals surface area contributed by atoms with Crippen LogP contribution in [0.15, 0.2) is 65.2 Å². The zero-order chi connectivity index (χ0) is 27.8. The predicted molar refractivity (Wildman–Crippen MR) is 144 cm³/mol. The van der Waals surface area contributed by atoms with Crippen LogP contribution in [-0.4, -0.2) is 47.1 Å². The first kappa shape index (κ1) is 27.0. The molecule has 1 aliphatic heterocycles. The number of likely N-dealkylation sites (tertiary alicyclic amines) is 1. The number of benzene rings is 2. The maximum atomic E-state index is 13.2. The summed E-state index contributed by atoms with van der Waals surface area (Å²) < 4.78 is 11.5. The van der Waals surface area contributed by atoms with Gasteiger partial charge in [0.2, 0.25) is 11.8 Å². The molecule has 0 aromatic heterocycles. The van der Waals surface area contributed by atoms with Crippen LogP contribution in [0.3, 0.4) is 0 Å². The second-order valence-corrected chi connectivity index (χ2v) is 11.6. The molecular formula is C30H28BrNO7. The summed E-state index contributed by atoms with van der Waals surface area (Å²) in [7, 11) is 0. The van der Waals surface area contributed by atoms with Gasteiger partial charge in [0.05, 0.1) is 17.4 Å². The van der Waals surface area contributed by atoms with E-state index in [-0.39, 0.29) is 47.3 Å². The number of carbonyl (C=O) groups is 5. The van der Waals surface area contributed by atoms with Gasteiger partial charge in [-0.2, -0.15) is 0 Å². The van der Waals surface area contributed by atoms with Crippen molar-refractivity contribution >= 4 is 45.5 Å². The summed E-state index contributed by atoms with van der Waals surface area (Å²) in [5.74, 6) is -2.86. The standard InChI is InChI=1S/C30H28BrNO7/c1-16(2)13-23(32-27(34)25-19-3-4-20(14-19)26(25)28(32)35)30(37)38-15-24(33)17-7-11-22(12-8-17)39-29(36)18-5-9-21(31)10-6-18/h3-12,16,19-20,23,25-26H,13-15H2,1-2H3. The van der Waals surface area contributed by atoms with Crippen LogP contribution in [0.5, 0.6) is 5.75 Å². The molecule has 5 atom stereocenters. The van der Waals surface area contributed by atoms with Crippen molar-refractivity contribution < 1.29 is 33.4 Å². The quantitative estimate of drug-likeness (QED) is 0.137. The molecule has 0 spiro atoms. The number of allylic oxidation sites excluding steroid dienone is 2. The van der Waals surface area contributed by atoms with Crippen molar-refractivity contribution in [3.63, 3.8) is 0 Å². The molecule has 202 valence electrons. The molecular weight excluding hydrogens is 566 g/mol. The number of amides is 2. The van der Waals surface area contributed by atoms with Crippen molar-refractivity contribution in [1.29, 1.82) is 0 Å². The second-order valence-electron chi connectivity index (χ2n) is 10.6. The van der Waals surface area contributed by atoms with E-state index in [1.165, 1.54) is 24.3 Å². The Morgan fingerprint density at radius 3 is 2.03 bits per heavy atom. The lowest BCUT2D eigenvalue weighted by atomic mass is 9.85. The van der Waals surface area contributed by atoms with Crippen LogP contribution >= 0.6 is 15.9 Å². The van der Waals surface area contributed by atoms with Gasteiger partial charge in [0, 0.05) is 10.0 Å². The highest BCUT2D eigenvalue weighted by molar-refractivity contribution is 9.10. The van der Waals surface area contributed by atoms with Gasteiger partial charge in [0.25, 0.3) is 0 Å². The lowest BCUT2D eigenvalue weighted by Crippen LogP contribution is -2.48. The van der Waals surface area contributed by atoms with E-state index in [1.54, 1.807) is 24.3 Å². The van der Waals surface area contributed by atoms with Crippen molar-refractivity contribution in [2.45, 2.75) is 32.7 Å². The summed E-state index contributed by atoms with van der Waals surface area (Å²) in [4.78, 5) is 65.8. The van der Waals surface area contributed by atoms with Crippen LogP contribution in [-0.2, 0) is 19.1 Å². The van der Waals surface area contributed by atoms with E-state index in [0.29, 0.717) is 5.56 Å². The monoisotopic (exact) mass is 593 g/mol. The highest BCUT2D eigenvalue weighted by Crippen LogP contribution is 2.53. The van der Waals surface area contributed by atoms with Crippen LogP contribution in [0.1, 0.15) is 47.4 Å². The van der Waals surface area contributed by atoms with E-state index in [4.69, 9.17) is 9.47 Å². The number of esters is 2. The van der Waals surface area contributed by atoms with Crippen LogP contribution in [0.2, 0.25) is 0 Å². The first-order valence-corrected chi connectivity index (χ1v) is 13.8. The van der Waals surface area contributed by atoms with Gasteiger partial charge in [-0.05, 0) is 79.1 Å². The van der Waals surface area contributed by atoms with Crippen LogP contribution in [0.4, 0.5) is 0 Å². The van der Waals surface area contributed by atoms with Gasteiger partial charge in [0.15, 0.2) is 12.4 Å². The van der Waals surface area contributed by atoms with Crippen molar-refractivity contribution in [1.82, 2.24) is 4.90 Å². The Bertz CT molecular complexity index is 1320. The van der Waals surface area contributed by atoms with Crippen LogP contribution in [0.25, 0.3) is 0 Å². The van der Waals surface area contributed by atoms with Gasteiger partial charge < -0.3 is 9.47 Å². The maximum Gasteiger partial charge on any atom is 0.343 e. The van der Waals surface area contributed by atoms with Crippen LogP contribution in [0, 0.1) is 29.6 Å². The van der Waals surface area contributed by atoms with Crippen molar-refractivity contribution in [2.75, 3.05) is 6.61 Å². The number of fused-ring (bicyclic) bond motifs is 5. The number of carbonyl (C=O) groups excluding carboxylic acids is 5. The molecule has 2 amide bonds. The first-order chi connectivity index (χ1) is 18.6. The number of nitrogens with zero attached hydrogens (tertiary/aromatic N) is 1. The number of hydrogen-bond acceptors (Lipinski definition) is 7. The van der Waals surface area contributed by atoms with Crippen molar-refractivity contribution in [3.05, 3.63) is 76.3 Å². The van der Waals surface area contributed by atoms with Crippen LogP contribution < -0.4 is 4.74 Å². The molecule has 9 heteroatoms. The summed E-state index contributed by atoms with van der Waals surface area (Å²) in [6, 6.07) is 11.6. The zero-order valence-corrected chi connectivity index (χ0v) is 23.1. The topological polar surface area (TPSA) is 107 Å². The van der Waals surface area contributed by atoms with Crippen molar-refractivity contribution in [2.24, 2.45) is 29.6 Å². The minimum absolute atomic E-state index is 0.0156. The van der Waals surface area contributed by atoms with Gasteiger partial charge in [-0.15, -0.1) is 0 Å². The van der Waals surface area contributed by atoms with E-state index in [9.17, 15) is 24.0 Å². The van der Waals surface area contributed by atoms with E-state index in [2.05, 4.69) is 15.9 Å². The number of rotatable bonds is 9. The lowest BCUT2D eigenvalue weighted by Gasteiger charge is -2.27. The Balaban J connectivity index is 1.20. The molecule has 2 aromatic carbocycles. The number of ketones is 1. The molecule has 0 N–H and O–H groups in total. The van der Waals surface area contributed by atoms with Gasteiger partial charge in [-0.25, -0.2) is 9.59 Å². The van der Waals surface area contributed by atoms with E-state index in [1.807, 2.05) is 26.0 Å². The fourth-order valence-corrected chi connectivity index (χ4v) is 6.03. The Morgan fingerprint density at radius 2 is 1.46 bits per heavy atom. The average Bonchev–Trinajstić information content (AvgIpc) is 3.60. The van der Waals surface area contributed by atoms with Gasteiger partial charge in [-0.1, -0.05) is 41.9 Å². The normalized spacial score (nSPS) is 23.7. The first-order valence-electron chi connectivity index (χ1n) is 13.0. The molecule has 5 rings (SSSR count). The molecule has 2 aliphatic carbocycles. The Kier molecular flexibility index (Phi) is 7.53. The molecule has 0 radical (unpaired) electrons. The lowest BCUT2D eigenvalue weighted by molar-refractivity contribution is -0.159. The largest absolute Gasteiger partial charge is 0.456 e. The fourth-order valence-electron chi connectivity index (χ4n) is 5.76. The third kappa shape index (κ3) is 5.32. The summed E-state index contributed by atoms with van der Waals surface area (Å²) in [6.45, 7) is 3.25. The summed E-state index contributed by atoms with van der Waals surface area (Å²) in [5, 5.41) is 0. The smallest absolute Gasteiger partial charge is 0.343 e. The SMILES string of the molecule is CC(C)CC(C(=O)OCC(=O)c1ccc(OC(=O)c2ccc(Br)cc2)cc1)N1C(=O)C2C3C=CC(C3)C2C1=O. The fraction of sp³-hybridized carbons (Fsp3) is 0.367. The average molecular weight is 594 g/mol. The van der Waals surface area contributed by atoms with E-state index in [0.717, 1.165) is 15.8 Å². The minimum atomic E-state index is -1.07. The molecule has 1 heterocycles. The molecule has 1 saturated heterocycles. The zero-order valence-electron chi connectivity index (χ0n) is 21.5. The Labute approximate surface area is 234 Å². The number of Topliss-reactive ketones (excluding diaryl/α,β-unsaturated/α-hetero) is 1.